The van der Waals surface area contributed by atoms with Crippen molar-refractivity contribution in [1.29, 1.82) is 0 Å². The molecule has 0 aliphatic rings. The number of imidazole rings is 1. The molecule has 6 nitrogen and oxygen atoms in total. The zero-order valence-corrected chi connectivity index (χ0v) is 14.7. The fourth-order valence-corrected chi connectivity index (χ4v) is 2.88. The first kappa shape index (κ1) is 16.8. The molecular weight excluding hydrogens is 340 g/mol. The molecule has 0 spiro atoms. The van der Waals surface area contributed by atoms with Crippen LogP contribution in [-0.4, -0.2) is 19.6 Å². The second-order valence-corrected chi connectivity index (χ2v) is 6.11. The maximum atomic E-state index is 10.2. The number of hydrogen-bond donors (Lipinski definition) is 2. The molecule has 0 radical (unpaired) electrons. The minimum Gasteiger partial charge on any atom is -0.506 e. The van der Waals surface area contributed by atoms with Crippen LogP contribution in [0.2, 0.25) is 0 Å². The molecule has 4 rings (SSSR count). The minimum absolute atomic E-state index is 0.0479. The summed E-state index contributed by atoms with van der Waals surface area (Å²) in [7, 11) is 0. The predicted octanol–water partition coefficient (Wildman–Crippen LogP) is 5.39. The van der Waals surface area contributed by atoms with Gasteiger partial charge in [-0.05, 0) is 36.2 Å². The smallest absolute Gasteiger partial charge is 0.187 e. The molecule has 2 N–H and O–H groups in total. The lowest BCUT2D eigenvalue weighted by Gasteiger charge is -2.02. The van der Waals surface area contributed by atoms with Gasteiger partial charge in [0.2, 0.25) is 0 Å². The quantitative estimate of drug-likeness (QED) is 0.480. The van der Waals surface area contributed by atoms with Crippen molar-refractivity contribution < 1.29 is 10.2 Å². The van der Waals surface area contributed by atoms with E-state index in [0.29, 0.717) is 22.8 Å². The summed E-state index contributed by atoms with van der Waals surface area (Å²) < 4.78 is 1.68. The predicted molar refractivity (Wildman–Crippen MR) is 104 cm³/mol. The molecule has 0 fully saturated rings. The number of aromatic hydroxyl groups is 2. The van der Waals surface area contributed by atoms with E-state index in [4.69, 9.17) is 0 Å². The Hall–Kier alpha value is -3.67. The van der Waals surface area contributed by atoms with E-state index >= 15 is 0 Å². The number of benzene rings is 2. The highest BCUT2D eigenvalue weighted by Crippen LogP contribution is 2.35. The Bertz CT molecular complexity index is 1130. The van der Waals surface area contributed by atoms with E-state index in [0.717, 1.165) is 12.0 Å². The summed E-state index contributed by atoms with van der Waals surface area (Å²) in [5.74, 6) is 0.591. The first-order valence-electron chi connectivity index (χ1n) is 8.66. The van der Waals surface area contributed by atoms with Crippen LogP contribution in [0.15, 0.2) is 77.1 Å². The van der Waals surface area contributed by atoms with Crippen molar-refractivity contribution in [3.8, 4) is 22.8 Å². The minimum atomic E-state index is 0.0479. The van der Waals surface area contributed by atoms with Crippen LogP contribution in [-0.2, 0) is 6.42 Å². The number of nitrogens with zero attached hydrogens (tertiary/aromatic N) is 4. The second-order valence-electron chi connectivity index (χ2n) is 6.11. The average molecular weight is 358 g/mol. The summed E-state index contributed by atoms with van der Waals surface area (Å²) in [6.45, 7) is 2.10. The van der Waals surface area contributed by atoms with Crippen molar-refractivity contribution in [2.24, 2.45) is 10.2 Å². The normalized spacial score (nSPS) is 11.4. The van der Waals surface area contributed by atoms with Gasteiger partial charge in [0, 0.05) is 11.8 Å². The van der Waals surface area contributed by atoms with E-state index < -0.39 is 0 Å². The Morgan fingerprint density at radius 1 is 0.889 bits per heavy atom. The summed E-state index contributed by atoms with van der Waals surface area (Å²) in [6, 6.07) is 18.1. The SMILES string of the molecule is CCc1ccc(-c2nc3c(O)cccn3c2N=Nc2ccccc2O)cc1. The molecule has 0 atom stereocenters. The third-order valence-corrected chi connectivity index (χ3v) is 4.37. The third kappa shape index (κ3) is 3.13. The molecule has 0 saturated carbocycles. The van der Waals surface area contributed by atoms with E-state index in [9.17, 15) is 10.2 Å². The Kier molecular flexibility index (Phi) is 4.30. The molecule has 2 heterocycles. The molecule has 4 aromatic rings. The topological polar surface area (TPSA) is 82.5 Å². The number of rotatable bonds is 4. The number of phenolic OH excluding ortho intramolecular Hbond substituents is 1. The van der Waals surface area contributed by atoms with Gasteiger partial charge in [-0.25, -0.2) is 4.98 Å². The summed E-state index contributed by atoms with van der Waals surface area (Å²) >= 11 is 0. The lowest BCUT2D eigenvalue weighted by molar-refractivity contribution is 0.476. The first-order valence-corrected chi connectivity index (χ1v) is 8.66. The number of fused-ring (bicyclic) bond motifs is 1. The summed E-state index contributed by atoms with van der Waals surface area (Å²) in [4.78, 5) is 4.57. The van der Waals surface area contributed by atoms with Gasteiger partial charge in [0.25, 0.3) is 0 Å². The molecule has 27 heavy (non-hydrogen) atoms. The zero-order chi connectivity index (χ0) is 18.8. The van der Waals surface area contributed by atoms with Gasteiger partial charge in [0.15, 0.2) is 17.2 Å². The molecule has 0 aliphatic carbocycles. The molecule has 0 aliphatic heterocycles. The van der Waals surface area contributed by atoms with Crippen molar-refractivity contribution >= 4 is 17.2 Å². The van der Waals surface area contributed by atoms with Gasteiger partial charge < -0.3 is 10.2 Å². The maximum Gasteiger partial charge on any atom is 0.187 e. The molecule has 0 saturated heterocycles. The van der Waals surface area contributed by atoms with Crippen LogP contribution in [0.5, 0.6) is 11.5 Å². The molecule has 0 bridgehead atoms. The highest BCUT2D eigenvalue weighted by atomic mass is 16.3. The van der Waals surface area contributed by atoms with E-state index in [2.05, 4.69) is 22.1 Å². The molecule has 0 amide bonds. The van der Waals surface area contributed by atoms with Crippen molar-refractivity contribution in [3.05, 3.63) is 72.4 Å². The molecule has 2 aromatic carbocycles. The van der Waals surface area contributed by atoms with Crippen molar-refractivity contribution in [1.82, 2.24) is 9.38 Å². The summed E-state index contributed by atoms with van der Waals surface area (Å²) in [6.07, 6.45) is 2.72. The Morgan fingerprint density at radius 2 is 1.63 bits per heavy atom. The van der Waals surface area contributed by atoms with Crippen molar-refractivity contribution in [3.63, 3.8) is 0 Å². The van der Waals surface area contributed by atoms with Crippen molar-refractivity contribution in [2.75, 3.05) is 0 Å². The van der Waals surface area contributed by atoms with Gasteiger partial charge >= 0.3 is 0 Å². The van der Waals surface area contributed by atoms with Crippen LogP contribution in [0.1, 0.15) is 12.5 Å². The Morgan fingerprint density at radius 3 is 2.37 bits per heavy atom. The van der Waals surface area contributed by atoms with E-state index in [1.165, 1.54) is 5.56 Å². The van der Waals surface area contributed by atoms with Gasteiger partial charge in [-0.15, -0.1) is 10.2 Å². The summed E-state index contributed by atoms with van der Waals surface area (Å²) in [5.41, 5.74) is 3.47. The molecule has 134 valence electrons. The Balaban J connectivity index is 1.89. The van der Waals surface area contributed by atoms with E-state index in [1.54, 1.807) is 47.0 Å². The fourth-order valence-electron chi connectivity index (χ4n) is 2.88. The van der Waals surface area contributed by atoms with Crippen LogP contribution >= 0.6 is 0 Å². The maximum absolute atomic E-state index is 10.2. The van der Waals surface area contributed by atoms with Gasteiger partial charge in [0.05, 0.1) is 0 Å². The molecule has 2 aromatic heterocycles. The molecule has 0 unspecified atom stereocenters. The van der Waals surface area contributed by atoms with Gasteiger partial charge in [-0.1, -0.05) is 43.3 Å². The summed E-state index contributed by atoms with van der Waals surface area (Å²) in [5, 5.41) is 28.6. The number of azo groups is 1. The standard InChI is InChI=1S/C21H18N4O2/c1-2-14-9-11-15(12-10-14)19-21(24-23-16-6-3-4-7-17(16)26)25-13-5-8-18(27)20(25)22-19/h3-13,26-27H,2H2,1H3. The molecule has 6 heteroatoms. The Labute approximate surface area is 156 Å². The molecular formula is C21H18N4O2. The second kappa shape index (κ2) is 6.92. The van der Waals surface area contributed by atoms with E-state index in [1.807, 2.05) is 24.3 Å². The highest BCUT2D eigenvalue weighted by molar-refractivity contribution is 5.76. The van der Waals surface area contributed by atoms with Crippen LogP contribution in [0, 0.1) is 0 Å². The van der Waals surface area contributed by atoms with Crippen molar-refractivity contribution in [2.45, 2.75) is 13.3 Å². The monoisotopic (exact) mass is 358 g/mol. The first-order chi connectivity index (χ1) is 13.2. The highest BCUT2D eigenvalue weighted by Gasteiger charge is 2.16. The van der Waals surface area contributed by atoms with Crippen LogP contribution < -0.4 is 0 Å². The number of phenols is 1. The van der Waals surface area contributed by atoms with Crippen LogP contribution in [0.3, 0.4) is 0 Å². The largest absolute Gasteiger partial charge is 0.506 e. The lowest BCUT2D eigenvalue weighted by atomic mass is 10.1. The number of pyridine rings is 1. The number of hydrogen-bond acceptors (Lipinski definition) is 5. The van der Waals surface area contributed by atoms with Gasteiger partial charge in [0.1, 0.15) is 17.1 Å². The van der Waals surface area contributed by atoms with E-state index in [-0.39, 0.29) is 11.5 Å². The fraction of sp³-hybridized carbons (Fsp3) is 0.0952. The number of para-hydroxylation sites is 1. The van der Waals surface area contributed by atoms with Crippen LogP contribution in [0.25, 0.3) is 16.9 Å². The number of aromatic nitrogens is 2. The van der Waals surface area contributed by atoms with Crippen LogP contribution in [0.4, 0.5) is 11.5 Å². The van der Waals surface area contributed by atoms with Gasteiger partial charge in [-0.3, -0.25) is 4.40 Å². The zero-order valence-electron chi connectivity index (χ0n) is 14.7. The third-order valence-electron chi connectivity index (χ3n) is 4.37. The van der Waals surface area contributed by atoms with Gasteiger partial charge in [-0.2, -0.15) is 0 Å². The average Bonchev–Trinajstić information content (AvgIpc) is 3.07. The number of aryl methyl sites for hydroxylation is 1. The lowest BCUT2D eigenvalue weighted by Crippen LogP contribution is -1.83.